The Morgan fingerprint density at radius 1 is 1.10 bits per heavy atom. The zero-order valence-electron chi connectivity index (χ0n) is 11.9. The van der Waals surface area contributed by atoms with Gasteiger partial charge in [0.15, 0.2) is 0 Å². The molecule has 0 amide bonds. The lowest BCUT2D eigenvalue weighted by Crippen LogP contribution is -2.09. The van der Waals surface area contributed by atoms with Crippen LogP contribution in [0.4, 0.5) is 10.1 Å². The monoisotopic (exact) mass is 269 g/mol. The number of fused-ring (bicyclic) bond motifs is 1. The highest BCUT2D eigenvalue weighted by Crippen LogP contribution is 2.28. The van der Waals surface area contributed by atoms with Crippen molar-refractivity contribution < 1.29 is 4.39 Å². The van der Waals surface area contributed by atoms with Crippen molar-refractivity contribution in [3.05, 3.63) is 64.5 Å². The molecule has 2 aromatic carbocycles. The van der Waals surface area contributed by atoms with Gasteiger partial charge in [0.1, 0.15) is 5.82 Å². The van der Waals surface area contributed by atoms with Crippen molar-refractivity contribution in [1.29, 1.82) is 0 Å². The average Bonchev–Trinajstić information content (AvgIpc) is 2.46. The van der Waals surface area contributed by atoms with Crippen LogP contribution < -0.4 is 5.32 Å². The molecule has 0 aliphatic heterocycles. The Labute approximate surface area is 119 Å². The standard InChI is InChI=1S/C18H20FN/c1-13-11-16(19)10-9-15(13)12-20-18-8-4-6-14-5-2-3-7-17(14)18/h4,6,8-11,20H,2-3,5,7,12H2,1H3. The van der Waals surface area contributed by atoms with Gasteiger partial charge in [-0.2, -0.15) is 0 Å². The van der Waals surface area contributed by atoms with Crippen molar-refractivity contribution in [1.82, 2.24) is 0 Å². The van der Waals surface area contributed by atoms with Gasteiger partial charge in [-0.1, -0.05) is 18.2 Å². The highest BCUT2D eigenvalue weighted by molar-refractivity contribution is 5.56. The molecule has 0 radical (unpaired) electrons. The Morgan fingerprint density at radius 3 is 2.80 bits per heavy atom. The number of benzene rings is 2. The van der Waals surface area contributed by atoms with Crippen LogP contribution >= 0.6 is 0 Å². The van der Waals surface area contributed by atoms with Gasteiger partial charge in [-0.3, -0.25) is 0 Å². The molecule has 0 bridgehead atoms. The Morgan fingerprint density at radius 2 is 1.95 bits per heavy atom. The van der Waals surface area contributed by atoms with Crippen molar-refractivity contribution in [2.24, 2.45) is 0 Å². The molecule has 1 N–H and O–H groups in total. The first-order valence-electron chi connectivity index (χ1n) is 7.34. The quantitative estimate of drug-likeness (QED) is 0.857. The molecule has 0 saturated heterocycles. The van der Waals surface area contributed by atoms with E-state index in [1.807, 2.05) is 13.0 Å². The molecule has 0 aromatic heterocycles. The summed E-state index contributed by atoms with van der Waals surface area (Å²) in [4.78, 5) is 0. The predicted octanol–water partition coefficient (Wildman–Crippen LogP) is 4.63. The van der Waals surface area contributed by atoms with Crippen molar-refractivity contribution in [3.8, 4) is 0 Å². The summed E-state index contributed by atoms with van der Waals surface area (Å²) in [5, 5.41) is 3.53. The maximum absolute atomic E-state index is 13.1. The molecule has 1 aliphatic carbocycles. The smallest absolute Gasteiger partial charge is 0.123 e. The number of rotatable bonds is 3. The number of hydrogen-bond donors (Lipinski definition) is 1. The predicted molar refractivity (Wildman–Crippen MR) is 81.5 cm³/mol. The molecule has 2 aromatic rings. The Balaban J connectivity index is 1.78. The Hall–Kier alpha value is -1.83. The summed E-state index contributed by atoms with van der Waals surface area (Å²) in [7, 11) is 0. The summed E-state index contributed by atoms with van der Waals surface area (Å²) in [5.41, 5.74) is 6.35. The summed E-state index contributed by atoms with van der Waals surface area (Å²) < 4.78 is 13.1. The lowest BCUT2D eigenvalue weighted by atomic mass is 9.90. The molecule has 1 aliphatic rings. The van der Waals surface area contributed by atoms with Crippen molar-refractivity contribution in [2.45, 2.75) is 39.2 Å². The largest absolute Gasteiger partial charge is 0.381 e. The molecule has 1 nitrogen and oxygen atoms in total. The van der Waals surface area contributed by atoms with E-state index in [1.54, 1.807) is 6.07 Å². The van der Waals surface area contributed by atoms with E-state index in [-0.39, 0.29) is 5.82 Å². The number of hydrogen-bond acceptors (Lipinski definition) is 1. The lowest BCUT2D eigenvalue weighted by Gasteiger charge is -2.20. The van der Waals surface area contributed by atoms with Crippen LogP contribution in [0.15, 0.2) is 36.4 Å². The minimum Gasteiger partial charge on any atom is -0.381 e. The van der Waals surface area contributed by atoms with Crippen molar-refractivity contribution in [2.75, 3.05) is 5.32 Å². The number of nitrogens with one attached hydrogen (secondary N) is 1. The van der Waals surface area contributed by atoms with Gasteiger partial charge >= 0.3 is 0 Å². The van der Waals surface area contributed by atoms with Gasteiger partial charge < -0.3 is 5.32 Å². The number of aryl methyl sites for hydroxylation is 2. The number of anilines is 1. The van der Waals surface area contributed by atoms with Crippen LogP contribution in [0.5, 0.6) is 0 Å². The maximum Gasteiger partial charge on any atom is 0.123 e. The number of halogens is 1. The highest BCUT2D eigenvalue weighted by Gasteiger charge is 2.12. The van der Waals surface area contributed by atoms with Gasteiger partial charge in [0.2, 0.25) is 0 Å². The lowest BCUT2D eigenvalue weighted by molar-refractivity contribution is 0.625. The summed E-state index contributed by atoms with van der Waals surface area (Å²) in [5.74, 6) is -0.164. The summed E-state index contributed by atoms with van der Waals surface area (Å²) >= 11 is 0. The fraction of sp³-hybridized carbons (Fsp3) is 0.333. The summed E-state index contributed by atoms with van der Waals surface area (Å²) in [6.45, 7) is 2.71. The van der Waals surface area contributed by atoms with Crippen molar-refractivity contribution >= 4 is 5.69 Å². The molecular formula is C18H20FN. The van der Waals surface area contributed by atoms with Crippen LogP contribution in [0.3, 0.4) is 0 Å². The van der Waals surface area contributed by atoms with Crippen LogP contribution in [0.1, 0.15) is 35.1 Å². The highest BCUT2D eigenvalue weighted by atomic mass is 19.1. The molecule has 0 fully saturated rings. The maximum atomic E-state index is 13.1. The average molecular weight is 269 g/mol. The van der Waals surface area contributed by atoms with Crippen molar-refractivity contribution in [3.63, 3.8) is 0 Å². The second-order valence-corrected chi connectivity index (χ2v) is 5.57. The van der Waals surface area contributed by atoms with Gasteiger partial charge in [-0.05, 0) is 73.1 Å². The van der Waals surface area contributed by atoms with Crippen LogP contribution in [0.25, 0.3) is 0 Å². The fourth-order valence-electron chi connectivity index (χ4n) is 3.00. The van der Waals surface area contributed by atoms with Crippen LogP contribution in [-0.4, -0.2) is 0 Å². The third-order valence-corrected chi connectivity index (χ3v) is 4.17. The minimum atomic E-state index is -0.164. The summed E-state index contributed by atoms with van der Waals surface area (Å²) in [6.07, 6.45) is 4.94. The summed E-state index contributed by atoms with van der Waals surface area (Å²) in [6, 6.07) is 11.5. The first-order valence-corrected chi connectivity index (χ1v) is 7.34. The zero-order chi connectivity index (χ0) is 13.9. The molecule has 0 spiro atoms. The Kier molecular flexibility index (Phi) is 3.72. The third-order valence-electron chi connectivity index (χ3n) is 4.17. The first kappa shape index (κ1) is 13.2. The molecule has 2 heteroatoms. The van der Waals surface area contributed by atoms with Gasteiger partial charge in [-0.25, -0.2) is 4.39 Å². The molecule has 20 heavy (non-hydrogen) atoms. The minimum absolute atomic E-state index is 0.164. The molecule has 3 rings (SSSR count). The van der Waals surface area contributed by atoms with Gasteiger partial charge in [0.05, 0.1) is 0 Å². The first-order chi connectivity index (χ1) is 9.74. The SMILES string of the molecule is Cc1cc(F)ccc1CNc1cccc2c1CCCC2. The molecule has 0 unspecified atom stereocenters. The fourth-order valence-corrected chi connectivity index (χ4v) is 3.00. The second-order valence-electron chi connectivity index (χ2n) is 5.57. The van der Waals surface area contributed by atoms with E-state index in [0.29, 0.717) is 0 Å². The van der Waals surface area contributed by atoms with Crippen LogP contribution in [0.2, 0.25) is 0 Å². The topological polar surface area (TPSA) is 12.0 Å². The molecule has 0 saturated carbocycles. The van der Waals surface area contributed by atoms with Crippen LogP contribution in [-0.2, 0) is 19.4 Å². The normalized spacial score (nSPS) is 13.9. The molecular weight excluding hydrogens is 249 g/mol. The molecule has 0 atom stereocenters. The van der Waals surface area contributed by atoms with Gasteiger partial charge in [-0.15, -0.1) is 0 Å². The van der Waals surface area contributed by atoms with E-state index in [9.17, 15) is 4.39 Å². The van der Waals surface area contributed by atoms with E-state index in [0.717, 1.165) is 17.7 Å². The van der Waals surface area contributed by atoms with E-state index < -0.39 is 0 Å². The molecule has 0 heterocycles. The zero-order valence-corrected chi connectivity index (χ0v) is 11.9. The van der Waals surface area contributed by atoms with E-state index in [1.165, 1.54) is 48.6 Å². The molecule has 104 valence electrons. The second kappa shape index (κ2) is 5.66. The van der Waals surface area contributed by atoms with Crippen LogP contribution in [0, 0.1) is 12.7 Å². The third kappa shape index (κ3) is 2.69. The van der Waals surface area contributed by atoms with Gasteiger partial charge in [0, 0.05) is 12.2 Å². The van der Waals surface area contributed by atoms with E-state index >= 15 is 0 Å². The van der Waals surface area contributed by atoms with E-state index in [2.05, 4.69) is 23.5 Å². The van der Waals surface area contributed by atoms with E-state index in [4.69, 9.17) is 0 Å². The Bertz CT molecular complexity index is 619. The van der Waals surface area contributed by atoms with Gasteiger partial charge in [0.25, 0.3) is 0 Å².